The van der Waals surface area contributed by atoms with Crippen LogP contribution in [0, 0.1) is 10.1 Å². The molecule has 1 atom stereocenters. The largest absolute Gasteiger partial charge is 0.387 e. The van der Waals surface area contributed by atoms with Gasteiger partial charge in [-0.05, 0) is 27.1 Å². The SMILES string of the molecule is CN(C)CC(C)(O)CNS(=O)(=O)c1cccc([N+](=O)[O-])c1. The Kier molecular flexibility index (Phi) is 5.40. The normalized spacial score (nSPS) is 14.9. The van der Waals surface area contributed by atoms with Gasteiger partial charge in [-0.15, -0.1) is 0 Å². The predicted octanol–water partition coefficient (Wildman–Crippen LogP) is 0.186. The Hall–Kier alpha value is -1.55. The number of likely N-dealkylation sites (N-methyl/N-ethyl adjacent to an activating group) is 1. The van der Waals surface area contributed by atoms with Crippen molar-refractivity contribution in [3.8, 4) is 0 Å². The van der Waals surface area contributed by atoms with E-state index in [1.165, 1.54) is 25.1 Å². The fraction of sp³-hybridized carbons (Fsp3) is 0.500. The molecule has 0 spiro atoms. The zero-order valence-corrected chi connectivity index (χ0v) is 12.9. The number of non-ortho nitro benzene ring substituents is 1. The molecule has 0 saturated heterocycles. The molecule has 1 aromatic carbocycles. The van der Waals surface area contributed by atoms with Crippen molar-refractivity contribution in [3.63, 3.8) is 0 Å². The fourth-order valence-electron chi connectivity index (χ4n) is 1.84. The highest BCUT2D eigenvalue weighted by Crippen LogP contribution is 2.17. The van der Waals surface area contributed by atoms with E-state index in [9.17, 15) is 23.6 Å². The van der Waals surface area contributed by atoms with Crippen molar-refractivity contribution in [2.75, 3.05) is 27.2 Å². The van der Waals surface area contributed by atoms with E-state index in [1.807, 2.05) is 0 Å². The summed E-state index contributed by atoms with van der Waals surface area (Å²) in [4.78, 5) is 11.5. The molecule has 0 amide bonds. The summed E-state index contributed by atoms with van der Waals surface area (Å²) < 4.78 is 26.4. The first-order chi connectivity index (χ1) is 9.53. The van der Waals surface area contributed by atoms with Gasteiger partial charge in [-0.3, -0.25) is 10.1 Å². The molecule has 0 radical (unpaired) electrons. The molecule has 1 unspecified atom stereocenters. The Morgan fingerprint density at radius 3 is 2.57 bits per heavy atom. The molecule has 0 heterocycles. The summed E-state index contributed by atoms with van der Waals surface area (Å²) in [6.45, 7) is 1.57. The number of hydrogen-bond acceptors (Lipinski definition) is 6. The summed E-state index contributed by atoms with van der Waals surface area (Å²) in [6.07, 6.45) is 0. The lowest BCUT2D eigenvalue weighted by atomic mass is 10.1. The Bertz CT molecular complexity index is 613. The average molecular weight is 317 g/mol. The van der Waals surface area contributed by atoms with Crippen molar-refractivity contribution in [2.45, 2.75) is 17.4 Å². The predicted molar refractivity (Wildman–Crippen MR) is 77.5 cm³/mol. The molecule has 0 bridgehead atoms. The molecular weight excluding hydrogens is 298 g/mol. The molecule has 9 heteroatoms. The van der Waals surface area contributed by atoms with E-state index in [0.717, 1.165) is 6.07 Å². The van der Waals surface area contributed by atoms with E-state index in [2.05, 4.69) is 4.72 Å². The molecule has 2 N–H and O–H groups in total. The first kappa shape index (κ1) is 17.5. The van der Waals surface area contributed by atoms with E-state index in [-0.39, 0.29) is 23.7 Å². The molecule has 118 valence electrons. The third-order valence-electron chi connectivity index (χ3n) is 2.64. The van der Waals surface area contributed by atoms with Crippen LogP contribution < -0.4 is 4.72 Å². The molecule has 1 aromatic rings. The lowest BCUT2D eigenvalue weighted by Gasteiger charge is -2.26. The monoisotopic (exact) mass is 317 g/mol. The first-order valence-corrected chi connectivity index (χ1v) is 7.63. The second-order valence-electron chi connectivity index (χ2n) is 5.31. The number of rotatable bonds is 7. The molecule has 0 aromatic heterocycles. The second-order valence-corrected chi connectivity index (χ2v) is 7.08. The number of hydrogen-bond donors (Lipinski definition) is 2. The van der Waals surface area contributed by atoms with Gasteiger partial charge in [0, 0.05) is 25.2 Å². The van der Waals surface area contributed by atoms with Crippen LogP contribution in [-0.2, 0) is 10.0 Å². The van der Waals surface area contributed by atoms with E-state index in [1.54, 1.807) is 19.0 Å². The highest BCUT2D eigenvalue weighted by atomic mass is 32.2. The van der Waals surface area contributed by atoms with Crippen LogP contribution >= 0.6 is 0 Å². The van der Waals surface area contributed by atoms with Crippen molar-refractivity contribution in [1.82, 2.24) is 9.62 Å². The number of nitro benzene ring substituents is 1. The highest BCUT2D eigenvalue weighted by Gasteiger charge is 2.25. The Morgan fingerprint density at radius 2 is 2.05 bits per heavy atom. The highest BCUT2D eigenvalue weighted by molar-refractivity contribution is 7.89. The number of nitro groups is 1. The maximum Gasteiger partial charge on any atom is 0.270 e. The van der Waals surface area contributed by atoms with Gasteiger partial charge in [-0.2, -0.15) is 0 Å². The molecule has 8 nitrogen and oxygen atoms in total. The van der Waals surface area contributed by atoms with Crippen LogP contribution in [0.15, 0.2) is 29.2 Å². The van der Waals surface area contributed by atoms with Gasteiger partial charge in [-0.1, -0.05) is 6.07 Å². The minimum absolute atomic E-state index is 0.198. The minimum Gasteiger partial charge on any atom is -0.387 e. The zero-order valence-electron chi connectivity index (χ0n) is 12.1. The van der Waals surface area contributed by atoms with Crippen molar-refractivity contribution in [3.05, 3.63) is 34.4 Å². The number of aliphatic hydroxyl groups is 1. The minimum atomic E-state index is -3.92. The first-order valence-electron chi connectivity index (χ1n) is 6.15. The van der Waals surface area contributed by atoms with E-state index >= 15 is 0 Å². The van der Waals surface area contributed by atoms with Gasteiger partial charge < -0.3 is 10.0 Å². The van der Waals surface area contributed by atoms with E-state index < -0.39 is 20.5 Å². The van der Waals surface area contributed by atoms with Crippen LogP contribution in [-0.4, -0.2) is 56.1 Å². The average Bonchev–Trinajstić information content (AvgIpc) is 2.35. The summed E-state index contributed by atoms with van der Waals surface area (Å²) >= 11 is 0. The van der Waals surface area contributed by atoms with Crippen LogP contribution in [0.1, 0.15) is 6.92 Å². The van der Waals surface area contributed by atoms with Crippen molar-refractivity contribution >= 4 is 15.7 Å². The third-order valence-corrected chi connectivity index (χ3v) is 4.04. The van der Waals surface area contributed by atoms with Crippen LogP contribution in [0.5, 0.6) is 0 Å². The lowest BCUT2D eigenvalue weighted by molar-refractivity contribution is -0.385. The molecular formula is C12H19N3O5S. The number of benzene rings is 1. The molecule has 0 aliphatic heterocycles. The number of nitrogens with zero attached hydrogens (tertiary/aromatic N) is 2. The van der Waals surface area contributed by atoms with E-state index in [4.69, 9.17) is 0 Å². The summed E-state index contributed by atoms with van der Waals surface area (Å²) in [7, 11) is -0.411. The second kappa shape index (κ2) is 6.48. The van der Waals surface area contributed by atoms with Gasteiger partial charge in [0.15, 0.2) is 0 Å². The Balaban J connectivity index is 2.87. The third kappa shape index (κ3) is 5.38. The smallest absolute Gasteiger partial charge is 0.270 e. The van der Waals surface area contributed by atoms with Crippen LogP contribution in [0.2, 0.25) is 0 Å². The Labute approximate surface area is 123 Å². The maximum absolute atomic E-state index is 12.1. The lowest BCUT2D eigenvalue weighted by Crippen LogP contribution is -2.47. The van der Waals surface area contributed by atoms with Crippen LogP contribution in [0.4, 0.5) is 5.69 Å². The molecule has 21 heavy (non-hydrogen) atoms. The molecule has 0 saturated carbocycles. The molecule has 0 aliphatic rings. The van der Waals surface area contributed by atoms with Gasteiger partial charge >= 0.3 is 0 Å². The number of sulfonamides is 1. The van der Waals surface area contributed by atoms with Crippen LogP contribution in [0.3, 0.4) is 0 Å². The van der Waals surface area contributed by atoms with Crippen molar-refractivity contribution in [1.29, 1.82) is 0 Å². The van der Waals surface area contributed by atoms with Gasteiger partial charge in [0.2, 0.25) is 10.0 Å². The maximum atomic E-state index is 12.1. The summed E-state index contributed by atoms with van der Waals surface area (Å²) in [6, 6.07) is 4.74. The fourth-order valence-corrected chi connectivity index (χ4v) is 3.04. The van der Waals surface area contributed by atoms with Gasteiger partial charge in [0.05, 0.1) is 15.4 Å². The molecule has 0 aliphatic carbocycles. The quantitative estimate of drug-likeness (QED) is 0.548. The standard InChI is InChI=1S/C12H19N3O5S/c1-12(16,9-14(2)3)8-13-21(19,20)11-6-4-5-10(7-11)15(17)18/h4-7,13,16H,8-9H2,1-3H3. The van der Waals surface area contributed by atoms with Gasteiger partial charge in [0.1, 0.15) is 0 Å². The Morgan fingerprint density at radius 1 is 1.43 bits per heavy atom. The molecule has 0 fully saturated rings. The van der Waals surface area contributed by atoms with Crippen LogP contribution in [0.25, 0.3) is 0 Å². The number of nitrogens with one attached hydrogen (secondary N) is 1. The summed E-state index contributed by atoms with van der Waals surface area (Å²) in [5, 5.41) is 20.7. The molecule has 1 rings (SSSR count). The van der Waals surface area contributed by atoms with Gasteiger partial charge in [0.25, 0.3) is 5.69 Å². The topological polar surface area (TPSA) is 113 Å². The summed E-state index contributed by atoms with van der Waals surface area (Å²) in [5.41, 5.74) is -1.56. The summed E-state index contributed by atoms with van der Waals surface area (Å²) in [5.74, 6) is 0. The van der Waals surface area contributed by atoms with E-state index in [0.29, 0.717) is 0 Å². The zero-order chi connectivity index (χ0) is 16.3. The van der Waals surface area contributed by atoms with Crippen molar-refractivity contribution < 1.29 is 18.4 Å². The van der Waals surface area contributed by atoms with Gasteiger partial charge in [-0.25, -0.2) is 13.1 Å². The van der Waals surface area contributed by atoms with Crippen molar-refractivity contribution in [2.24, 2.45) is 0 Å².